The van der Waals surface area contributed by atoms with Gasteiger partial charge in [-0.3, -0.25) is 25.2 Å². The Bertz CT molecular complexity index is 1060. The molecule has 2 amide bonds. The van der Waals surface area contributed by atoms with Crippen LogP contribution in [0.4, 0.5) is 0 Å². The topological polar surface area (TPSA) is 106 Å². The van der Waals surface area contributed by atoms with Crippen LogP contribution in [-0.4, -0.2) is 21.6 Å². The van der Waals surface area contributed by atoms with Gasteiger partial charge in [-0.15, -0.1) is 0 Å². The van der Waals surface area contributed by atoms with Gasteiger partial charge in [-0.1, -0.05) is 18.2 Å². The Morgan fingerprint density at radius 1 is 1.12 bits per heavy atom. The van der Waals surface area contributed by atoms with Crippen LogP contribution in [0.5, 0.6) is 0 Å². The fraction of sp³-hybridized carbons (Fsp3) is 0.222. The molecule has 0 aliphatic carbocycles. The van der Waals surface area contributed by atoms with Crippen molar-refractivity contribution >= 4 is 22.6 Å². The number of nitrogens with zero attached hydrogens (tertiary/aromatic N) is 2. The van der Waals surface area contributed by atoms with Gasteiger partial charge in [0.15, 0.2) is 0 Å². The van der Waals surface area contributed by atoms with E-state index in [2.05, 4.69) is 16.0 Å². The standard InChI is InChI=1S/C18H18N4O4/c1-10-8-15(12(3)26-10)17(24)20-19-16(23)9-22-18(25)14-7-5-4-6-13(14)11(2)21-22/h4-8H,9H2,1-3H3,(H,19,23)(H,20,24). The van der Waals surface area contributed by atoms with Gasteiger partial charge in [0.05, 0.1) is 16.6 Å². The number of hydrogen-bond acceptors (Lipinski definition) is 5. The fourth-order valence-electron chi connectivity index (χ4n) is 2.74. The van der Waals surface area contributed by atoms with Gasteiger partial charge in [-0.25, -0.2) is 4.68 Å². The molecule has 1 aromatic carbocycles. The molecule has 2 aromatic heterocycles. The molecule has 8 nitrogen and oxygen atoms in total. The lowest BCUT2D eigenvalue weighted by atomic mass is 10.1. The molecule has 0 aliphatic heterocycles. The number of carbonyl (C=O) groups is 2. The van der Waals surface area contributed by atoms with Crippen LogP contribution in [0.25, 0.3) is 10.8 Å². The third kappa shape index (κ3) is 3.34. The number of nitrogens with one attached hydrogen (secondary N) is 2. The quantitative estimate of drug-likeness (QED) is 0.691. The van der Waals surface area contributed by atoms with E-state index >= 15 is 0 Å². The molecule has 0 radical (unpaired) electrons. The molecule has 0 atom stereocenters. The molecular weight excluding hydrogens is 336 g/mol. The van der Waals surface area contributed by atoms with Crippen LogP contribution in [0.3, 0.4) is 0 Å². The molecule has 0 bridgehead atoms. The molecule has 3 rings (SSSR count). The second-order valence-electron chi connectivity index (χ2n) is 5.92. The molecule has 26 heavy (non-hydrogen) atoms. The van der Waals surface area contributed by atoms with Gasteiger partial charge >= 0.3 is 0 Å². The van der Waals surface area contributed by atoms with E-state index in [1.54, 1.807) is 45.0 Å². The summed E-state index contributed by atoms with van der Waals surface area (Å²) in [5, 5.41) is 5.39. The number of fused-ring (bicyclic) bond motifs is 1. The molecule has 134 valence electrons. The second-order valence-corrected chi connectivity index (χ2v) is 5.92. The molecule has 0 saturated carbocycles. The Morgan fingerprint density at radius 2 is 1.81 bits per heavy atom. The first kappa shape index (κ1) is 17.4. The number of carbonyl (C=O) groups excluding carboxylic acids is 2. The summed E-state index contributed by atoms with van der Waals surface area (Å²) in [5.74, 6) is -0.0122. The van der Waals surface area contributed by atoms with Crippen LogP contribution in [0.1, 0.15) is 27.6 Å². The predicted octanol–water partition coefficient (Wildman–Crippen LogP) is 1.38. The molecule has 2 N–H and O–H groups in total. The number of rotatable bonds is 3. The van der Waals surface area contributed by atoms with E-state index in [-0.39, 0.29) is 12.1 Å². The van der Waals surface area contributed by atoms with Crippen molar-refractivity contribution in [3.05, 3.63) is 63.5 Å². The first-order valence-electron chi connectivity index (χ1n) is 7.99. The Kier molecular flexibility index (Phi) is 4.57. The molecule has 8 heteroatoms. The van der Waals surface area contributed by atoms with Gasteiger partial charge in [0, 0.05) is 5.39 Å². The van der Waals surface area contributed by atoms with E-state index in [0.717, 1.165) is 10.1 Å². The zero-order valence-corrected chi connectivity index (χ0v) is 14.6. The van der Waals surface area contributed by atoms with Gasteiger partial charge < -0.3 is 4.42 Å². The van der Waals surface area contributed by atoms with E-state index in [1.807, 2.05) is 6.07 Å². The number of hydrazine groups is 1. The van der Waals surface area contributed by atoms with Crippen molar-refractivity contribution < 1.29 is 14.0 Å². The third-order valence-corrected chi connectivity index (χ3v) is 3.95. The maximum atomic E-state index is 12.4. The number of aryl methyl sites for hydroxylation is 3. The predicted molar refractivity (Wildman–Crippen MR) is 94.5 cm³/mol. The lowest BCUT2D eigenvalue weighted by Gasteiger charge is -2.10. The van der Waals surface area contributed by atoms with E-state index in [9.17, 15) is 14.4 Å². The van der Waals surface area contributed by atoms with Crippen LogP contribution in [0.2, 0.25) is 0 Å². The molecule has 0 unspecified atom stereocenters. The fourth-order valence-corrected chi connectivity index (χ4v) is 2.74. The monoisotopic (exact) mass is 354 g/mol. The summed E-state index contributed by atoms with van der Waals surface area (Å²) in [7, 11) is 0. The van der Waals surface area contributed by atoms with Crippen LogP contribution in [0.15, 0.2) is 39.5 Å². The molecule has 0 saturated heterocycles. The highest BCUT2D eigenvalue weighted by atomic mass is 16.3. The Labute approximate surface area is 148 Å². The van der Waals surface area contributed by atoms with Crippen LogP contribution in [0, 0.1) is 20.8 Å². The van der Waals surface area contributed by atoms with Gasteiger partial charge in [-0.2, -0.15) is 5.10 Å². The average molecular weight is 354 g/mol. The number of hydrogen-bond donors (Lipinski definition) is 2. The SMILES string of the molecule is Cc1cc(C(=O)NNC(=O)Cn2nc(C)c3ccccc3c2=O)c(C)o1. The van der Waals surface area contributed by atoms with E-state index < -0.39 is 11.8 Å². The van der Waals surface area contributed by atoms with Gasteiger partial charge in [0.25, 0.3) is 17.4 Å². The molecule has 3 aromatic rings. The van der Waals surface area contributed by atoms with E-state index in [4.69, 9.17) is 4.42 Å². The molecule has 0 fully saturated rings. The van der Waals surface area contributed by atoms with Gasteiger partial charge in [0.2, 0.25) is 0 Å². The summed E-state index contributed by atoms with van der Waals surface area (Å²) in [6.07, 6.45) is 0. The summed E-state index contributed by atoms with van der Waals surface area (Å²) < 4.78 is 6.35. The number of aromatic nitrogens is 2. The van der Waals surface area contributed by atoms with Crippen molar-refractivity contribution in [2.45, 2.75) is 27.3 Å². The number of benzene rings is 1. The molecule has 2 heterocycles. The maximum Gasteiger partial charge on any atom is 0.275 e. The first-order chi connectivity index (χ1) is 12.4. The Morgan fingerprint density at radius 3 is 2.46 bits per heavy atom. The average Bonchev–Trinajstić information content (AvgIpc) is 2.96. The van der Waals surface area contributed by atoms with E-state index in [1.165, 1.54) is 0 Å². The smallest absolute Gasteiger partial charge is 0.275 e. The number of amides is 2. The lowest BCUT2D eigenvalue weighted by molar-refractivity contribution is -0.122. The number of furan rings is 1. The zero-order chi connectivity index (χ0) is 18.8. The van der Waals surface area contributed by atoms with Gasteiger partial charge in [-0.05, 0) is 32.9 Å². The van der Waals surface area contributed by atoms with Crippen molar-refractivity contribution in [2.24, 2.45) is 0 Å². The minimum Gasteiger partial charge on any atom is -0.466 e. The van der Waals surface area contributed by atoms with Crippen LogP contribution >= 0.6 is 0 Å². The van der Waals surface area contributed by atoms with Crippen molar-refractivity contribution in [2.75, 3.05) is 0 Å². The van der Waals surface area contributed by atoms with Crippen LogP contribution < -0.4 is 16.4 Å². The lowest BCUT2D eigenvalue weighted by Crippen LogP contribution is -2.44. The highest BCUT2D eigenvalue weighted by Crippen LogP contribution is 2.13. The first-order valence-corrected chi connectivity index (χ1v) is 7.99. The van der Waals surface area contributed by atoms with Crippen LogP contribution in [-0.2, 0) is 11.3 Å². The molecule has 0 spiro atoms. The summed E-state index contributed by atoms with van der Waals surface area (Å²) in [6, 6.07) is 8.65. The van der Waals surface area contributed by atoms with E-state index in [0.29, 0.717) is 28.2 Å². The summed E-state index contributed by atoms with van der Waals surface area (Å²) >= 11 is 0. The van der Waals surface area contributed by atoms with Gasteiger partial charge in [0.1, 0.15) is 18.1 Å². The highest BCUT2D eigenvalue weighted by Gasteiger charge is 2.15. The summed E-state index contributed by atoms with van der Waals surface area (Å²) in [5.41, 5.74) is 5.19. The molecule has 0 aliphatic rings. The minimum absolute atomic E-state index is 0.311. The highest BCUT2D eigenvalue weighted by molar-refractivity contribution is 5.96. The van der Waals surface area contributed by atoms with Crippen molar-refractivity contribution in [1.82, 2.24) is 20.6 Å². The van der Waals surface area contributed by atoms with Crippen molar-refractivity contribution in [3.63, 3.8) is 0 Å². The summed E-state index contributed by atoms with van der Waals surface area (Å²) in [4.78, 5) is 36.6. The zero-order valence-electron chi connectivity index (χ0n) is 14.6. The Hall–Kier alpha value is -3.42. The molecular formula is C18H18N4O4. The Balaban J connectivity index is 1.72. The third-order valence-electron chi connectivity index (χ3n) is 3.95. The largest absolute Gasteiger partial charge is 0.466 e. The van der Waals surface area contributed by atoms with Crippen molar-refractivity contribution in [1.29, 1.82) is 0 Å². The van der Waals surface area contributed by atoms with Crippen molar-refractivity contribution in [3.8, 4) is 0 Å². The summed E-state index contributed by atoms with van der Waals surface area (Å²) in [6.45, 7) is 4.84. The normalized spacial score (nSPS) is 10.7. The maximum absolute atomic E-state index is 12.4. The second kappa shape index (κ2) is 6.83. The minimum atomic E-state index is -0.569.